The number of carbonyl (C=O) groups excluding carboxylic acids is 1. The number of nitrogens with zero attached hydrogens (tertiary/aromatic N) is 3. The normalized spacial score (nSPS) is 26.4. The van der Waals surface area contributed by atoms with Gasteiger partial charge in [0.15, 0.2) is 0 Å². The first-order valence-electron chi connectivity index (χ1n) is 6.19. The van der Waals surface area contributed by atoms with E-state index in [4.69, 9.17) is 4.74 Å². The van der Waals surface area contributed by atoms with E-state index in [0.29, 0.717) is 12.1 Å². The summed E-state index contributed by atoms with van der Waals surface area (Å²) in [5, 5.41) is 0. The molecule has 0 aromatic carbocycles. The van der Waals surface area contributed by atoms with Gasteiger partial charge in [-0.2, -0.15) is 0 Å². The van der Waals surface area contributed by atoms with Crippen molar-refractivity contribution in [3.63, 3.8) is 0 Å². The molecule has 0 bridgehead atoms. The zero-order valence-electron chi connectivity index (χ0n) is 11.6. The summed E-state index contributed by atoms with van der Waals surface area (Å²) < 4.78 is 4.78. The van der Waals surface area contributed by atoms with Gasteiger partial charge in [-0.25, -0.2) is 4.79 Å². The molecule has 1 saturated heterocycles. The Morgan fingerprint density at radius 2 is 1.82 bits per heavy atom. The molecule has 2 unspecified atom stereocenters. The number of carbonyl (C=O) groups is 1. The number of likely N-dealkylation sites (N-methyl/N-ethyl adjacent to an activating group) is 1. The van der Waals surface area contributed by atoms with Crippen LogP contribution in [0.25, 0.3) is 0 Å². The summed E-state index contributed by atoms with van der Waals surface area (Å²) in [7, 11) is 5.61. The number of amides is 1. The third kappa shape index (κ3) is 3.85. The first-order valence-corrected chi connectivity index (χ1v) is 6.19. The van der Waals surface area contributed by atoms with Crippen molar-refractivity contribution in [2.24, 2.45) is 0 Å². The molecule has 1 fully saturated rings. The lowest BCUT2D eigenvalue weighted by Gasteiger charge is -2.44. The van der Waals surface area contributed by atoms with Crippen molar-refractivity contribution in [3.05, 3.63) is 0 Å². The summed E-state index contributed by atoms with van der Waals surface area (Å²) in [6.45, 7) is 7.94. The van der Waals surface area contributed by atoms with Gasteiger partial charge >= 0.3 is 6.09 Å². The molecule has 1 aliphatic rings. The lowest BCUT2D eigenvalue weighted by Crippen LogP contribution is -2.58. The topological polar surface area (TPSA) is 36.0 Å². The quantitative estimate of drug-likeness (QED) is 0.731. The number of rotatable bonds is 3. The second kappa shape index (κ2) is 6.21. The first-order chi connectivity index (χ1) is 7.95. The molecule has 0 saturated carbocycles. The van der Waals surface area contributed by atoms with Gasteiger partial charge in [0.05, 0.1) is 7.11 Å². The van der Waals surface area contributed by atoms with Gasteiger partial charge in [0.1, 0.15) is 0 Å². The molecule has 1 amide bonds. The van der Waals surface area contributed by atoms with Gasteiger partial charge < -0.3 is 14.5 Å². The third-order valence-electron chi connectivity index (χ3n) is 3.34. The zero-order valence-corrected chi connectivity index (χ0v) is 11.6. The van der Waals surface area contributed by atoms with Crippen LogP contribution < -0.4 is 0 Å². The highest BCUT2D eigenvalue weighted by atomic mass is 16.5. The minimum Gasteiger partial charge on any atom is -0.453 e. The zero-order chi connectivity index (χ0) is 13.0. The summed E-state index contributed by atoms with van der Waals surface area (Å²) in [5.41, 5.74) is 0. The highest BCUT2D eigenvalue weighted by Gasteiger charge is 2.31. The summed E-state index contributed by atoms with van der Waals surface area (Å²) in [6.07, 6.45) is -0.212. The molecular formula is C12H25N3O2. The minimum atomic E-state index is -0.212. The van der Waals surface area contributed by atoms with E-state index in [1.165, 1.54) is 7.11 Å². The highest BCUT2D eigenvalue weighted by Crippen LogP contribution is 2.15. The van der Waals surface area contributed by atoms with E-state index >= 15 is 0 Å². The SMILES string of the molecule is COC(=O)N1CC(C)N(CCN(C)C)C(C)C1. The van der Waals surface area contributed by atoms with Gasteiger partial charge in [0.25, 0.3) is 0 Å². The molecule has 0 N–H and O–H groups in total. The van der Waals surface area contributed by atoms with Crippen LogP contribution in [0, 0.1) is 0 Å². The second-order valence-corrected chi connectivity index (χ2v) is 5.11. The van der Waals surface area contributed by atoms with Crippen LogP contribution in [0.1, 0.15) is 13.8 Å². The van der Waals surface area contributed by atoms with E-state index in [0.717, 1.165) is 26.2 Å². The average Bonchev–Trinajstić information content (AvgIpc) is 2.26. The Bertz CT molecular complexity index is 246. The molecule has 0 aromatic heterocycles. The predicted molar refractivity (Wildman–Crippen MR) is 68.2 cm³/mol. The van der Waals surface area contributed by atoms with Crippen molar-refractivity contribution >= 4 is 6.09 Å². The monoisotopic (exact) mass is 243 g/mol. The van der Waals surface area contributed by atoms with Gasteiger partial charge in [-0.1, -0.05) is 0 Å². The number of methoxy groups -OCH3 is 1. The van der Waals surface area contributed by atoms with Crippen LogP contribution in [0.2, 0.25) is 0 Å². The van der Waals surface area contributed by atoms with E-state index in [2.05, 4.69) is 37.7 Å². The molecule has 0 spiro atoms. The maximum absolute atomic E-state index is 11.5. The van der Waals surface area contributed by atoms with Crippen molar-refractivity contribution < 1.29 is 9.53 Å². The molecule has 0 aromatic rings. The number of hydrogen-bond acceptors (Lipinski definition) is 4. The first kappa shape index (κ1) is 14.3. The van der Waals surface area contributed by atoms with E-state index in [1.54, 1.807) is 4.90 Å². The van der Waals surface area contributed by atoms with Gasteiger partial charge in [-0.05, 0) is 27.9 Å². The molecule has 5 nitrogen and oxygen atoms in total. The van der Waals surface area contributed by atoms with Crippen molar-refractivity contribution in [1.29, 1.82) is 0 Å². The Labute approximate surface area is 104 Å². The van der Waals surface area contributed by atoms with Crippen molar-refractivity contribution in [2.45, 2.75) is 25.9 Å². The largest absolute Gasteiger partial charge is 0.453 e. The van der Waals surface area contributed by atoms with Crippen molar-refractivity contribution in [2.75, 3.05) is 47.4 Å². The molecule has 17 heavy (non-hydrogen) atoms. The van der Waals surface area contributed by atoms with Crippen LogP contribution in [0.3, 0.4) is 0 Å². The average molecular weight is 243 g/mol. The molecule has 0 radical (unpaired) electrons. The van der Waals surface area contributed by atoms with E-state index in [1.807, 2.05) is 0 Å². The maximum atomic E-state index is 11.5. The number of hydrogen-bond donors (Lipinski definition) is 0. The Kier molecular flexibility index (Phi) is 5.21. The Balaban J connectivity index is 2.53. The van der Waals surface area contributed by atoms with Gasteiger partial charge in [-0.15, -0.1) is 0 Å². The lowest BCUT2D eigenvalue weighted by atomic mass is 10.1. The third-order valence-corrected chi connectivity index (χ3v) is 3.34. The second-order valence-electron chi connectivity index (χ2n) is 5.11. The molecule has 1 heterocycles. The lowest BCUT2D eigenvalue weighted by molar-refractivity contribution is 0.0309. The summed E-state index contributed by atoms with van der Waals surface area (Å²) >= 11 is 0. The summed E-state index contributed by atoms with van der Waals surface area (Å²) in [5.74, 6) is 0. The van der Waals surface area contributed by atoms with Crippen LogP contribution >= 0.6 is 0 Å². The maximum Gasteiger partial charge on any atom is 0.409 e. The Morgan fingerprint density at radius 3 is 2.24 bits per heavy atom. The van der Waals surface area contributed by atoms with Crippen LogP contribution in [0.15, 0.2) is 0 Å². The van der Waals surface area contributed by atoms with Crippen LogP contribution in [0.4, 0.5) is 4.79 Å². The van der Waals surface area contributed by atoms with E-state index in [9.17, 15) is 4.79 Å². The fourth-order valence-corrected chi connectivity index (χ4v) is 2.39. The summed E-state index contributed by atoms with van der Waals surface area (Å²) in [4.78, 5) is 17.9. The highest BCUT2D eigenvalue weighted by molar-refractivity contribution is 5.67. The number of piperazine rings is 1. The van der Waals surface area contributed by atoms with Crippen LogP contribution in [-0.4, -0.2) is 80.3 Å². The molecule has 1 rings (SSSR count). The molecule has 1 aliphatic heterocycles. The van der Waals surface area contributed by atoms with Crippen LogP contribution in [-0.2, 0) is 4.74 Å². The van der Waals surface area contributed by atoms with Gasteiger partial charge in [-0.3, -0.25) is 4.90 Å². The molecule has 5 heteroatoms. The Morgan fingerprint density at radius 1 is 1.29 bits per heavy atom. The molecule has 0 aliphatic carbocycles. The molecule has 100 valence electrons. The van der Waals surface area contributed by atoms with E-state index in [-0.39, 0.29) is 6.09 Å². The molecule has 2 atom stereocenters. The fourth-order valence-electron chi connectivity index (χ4n) is 2.39. The molecular weight excluding hydrogens is 218 g/mol. The van der Waals surface area contributed by atoms with Gasteiger partial charge in [0.2, 0.25) is 0 Å². The number of ether oxygens (including phenoxy) is 1. The van der Waals surface area contributed by atoms with E-state index < -0.39 is 0 Å². The smallest absolute Gasteiger partial charge is 0.409 e. The standard InChI is InChI=1S/C12H25N3O2/c1-10-8-14(12(16)17-5)9-11(2)15(10)7-6-13(3)4/h10-11H,6-9H2,1-5H3. The Hall–Kier alpha value is -0.810. The van der Waals surface area contributed by atoms with Crippen LogP contribution in [0.5, 0.6) is 0 Å². The van der Waals surface area contributed by atoms with Crippen molar-refractivity contribution in [3.8, 4) is 0 Å². The summed E-state index contributed by atoms with van der Waals surface area (Å²) in [6, 6.07) is 0.774. The fraction of sp³-hybridized carbons (Fsp3) is 0.917. The predicted octanol–water partition coefficient (Wildman–Crippen LogP) is 0.709. The van der Waals surface area contributed by atoms with Crippen molar-refractivity contribution in [1.82, 2.24) is 14.7 Å². The minimum absolute atomic E-state index is 0.212. The van der Waals surface area contributed by atoms with Gasteiger partial charge in [0, 0.05) is 38.3 Å².